The fourth-order valence-electron chi connectivity index (χ4n) is 3.56. The van der Waals surface area contributed by atoms with Gasteiger partial charge in [-0.2, -0.15) is 0 Å². The molecule has 0 aliphatic rings. The van der Waals surface area contributed by atoms with Crippen LogP contribution in [0.25, 0.3) is 10.8 Å². The van der Waals surface area contributed by atoms with E-state index >= 15 is 0 Å². The quantitative estimate of drug-likeness (QED) is 0.145. The van der Waals surface area contributed by atoms with Crippen molar-refractivity contribution in [1.29, 1.82) is 0 Å². The van der Waals surface area contributed by atoms with Crippen molar-refractivity contribution in [2.24, 2.45) is 0 Å². The van der Waals surface area contributed by atoms with Gasteiger partial charge in [0.15, 0.2) is 16.8 Å². The molecule has 4 aromatic rings. The second kappa shape index (κ2) is 9.83. The Bertz CT molecular complexity index is 1340. The van der Waals surface area contributed by atoms with Gasteiger partial charge in [0.1, 0.15) is 12.4 Å². The van der Waals surface area contributed by atoms with Gasteiger partial charge in [-0.05, 0) is 36.2 Å². The predicted octanol–water partition coefficient (Wildman–Crippen LogP) is 5.22. The first-order valence-electron chi connectivity index (χ1n) is 10.4. The van der Waals surface area contributed by atoms with Crippen molar-refractivity contribution in [3.8, 4) is 5.75 Å². The third-order valence-electron chi connectivity index (χ3n) is 5.33. The van der Waals surface area contributed by atoms with E-state index in [4.69, 9.17) is 4.74 Å². The Balaban J connectivity index is 1.44. The lowest BCUT2D eigenvalue weighted by molar-refractivity contribution is -0.384. The molecule has 3 aromatic carbocycles. The molecule has 0 atom stereocenters. The van der Waals surface area contributed by atoms with E-state index in [1.165, 1.54) is 30.0 Å². The molecule has 168 valence electrons. The number of nitrogens with zero attached hydrogens (tertiary/aromatic N) is 4. The van der Waals surface area contributed by atoms with Crippen LogP contribution < -0.4 is 4.74 Å². The summed E-state index contributed by atoms with van der Waals surface area (Å²) in [4.78, 5) is 23.0. The number of hydrogen-bond acceptors (Lipinski definition) is 7. The normalized spacial score (nSPS) is 11.0. The SMILES string of the molecule is CCn1c(COc2ccc3ccccc3c2C)nnc1SCC(=O)c1cccc([N+](=O)[O-])c1. The fraction of sp³-hybridized carbons (Fsp3) is 0.208. The molecule has 1 heterocycles. The average Bonchev–Trinajstić information content (AvgIpc) is 3.24. The van der Waals surface area contributed by atoms with Crippen molar-refractivity contribution in [3.63, 3.8) is 0 Å². The van der Waals surface area contributed by atoms with Crippen molar-refractivity contribution in [2.45, 2.75) is 32.2 Å². The van der Waals surface area contributed by atoms with E-state index in [1.807, 2.05) is 42.7 Å². The molecule has 0 unspecified atom stereocenters. The fourth-order valence-corrected chi connectivity index (χ4v) is 4.48. The standard InChI is InChI=1S/C24H22N4O4S/c1-3-27-23(14-32-22-12-11-17-7-4-5-10-20(17)16(22)2)25-26-24(27)33-15-21(29)18-8-6-9-19(13-18)28(30)31/h4-13H,3,14-15H2,1-2H3. The number of ether oxygens (including phenoxy) is 1. The molecule has 9 heteroatoms. The number of Topliss-reactive ketones (excluding diaryl/α,β-unsaturated/α-hetero) is 1. The van der Waals surface area contributed by atoms with E-state index in [0.717, 1.165) is 22.1 Å². The molecule has 0 radical (unpaired) electrons. The number of rotatable bonds is 9. The van der Waals surface area contributed by atoms with E-state index in [-0.39, 0.29) is 23.8 Å². The minimum atomic E-state index is -0.513. The first-order valence-corrected chi connectivity index (χ1v) is 11.4. The highest BCUT2D eigenvalue weighted by Crippen LogP contribution is 2.28. The second-order valence-corrected chi connectivity index (χ2v) is 8.30. The van der Waals surface area contributed by atoms with Crippen LogP contribution in [0.5, 0.6) is 5.75 Å². The van der Waals surface area contributed by atoms with Crippen LogP contribution in [0.15, 0.2) is 65.8 Å². The molecule has 0 bridgehead atoms. The number of nitro groups is 1. The summed E-state index contributed by atoms with van der Waals surface area (Å²) in [5.74, 6) is 1.34. The summed E-state index contributed by atoms with van der Waals surface area (Å²) < 4.78 is 7.96. The maximum Gasteiger partial charge on any atom is 0.270 e. The van der Waals surface area contributed by atoms with Gasteiger partial charge in [-0.25, -0.2) is 0 Å². The number of ketones is 1. The molecular weight excluding hydrogens is 440 g/mol. The van der Waals surface area contributed by atoms with Gasteiger partial charge < -0.3 is 9.30 Å². The number of aryl methyl sites for hydroxylation is 1. The third kappa shape index (κ3) is 4.88. The van der Waals surface area contributed by atoms with Crippen molar-refractivity contribution in [1.82, 2.24) is 14.8 Å². The Labute approximate surface area is 194 Å². The van der Waals surface area contributed by atoms with Crippen LogP contribution in [0.4, 0.5) is 5.69 Å². The van der Waals surface area contributed by atoms with Gasteiger partial charge in [-0.15, -0.1) is 10.2 Å². The zero-order chi connectivity index (χ0) is 23.4. The summed E-state index contributed by atoms with van der Waals surface area (Å²) >= 11 is 1.25. The van der Waals surface area contributed by atoms with Gasteiger partial charge in [0.2, 0.25) is 0 Å². The van der Waals surface area contributed by atoms with Crippen LogP contribution in [0.3, 0.4) is 0 Å². The molecule has 0 N–H and O–H groups in total. The van der Waals surface area contributed by atoms with Gasteiger partial charge in [0.25, 0.3) is 5.69 Å². The molecule has 0 aliphatic heterocycles. The minimum absolute atomic E-state index is 0.101. The highest BCUT2D eigenvalue weighted by Gasteiger charge is 2.16. The number of hydrogen-bond donors (Lipinski definition) is 0. The summed E-state index contributed by atoms with van der Waals surface area (Å²) in [5.41, 5.74) is 1.26. The highest BCUT2D eigenvalue weighted by molar-refractivity contribution is 7.99. The lowest BCUT2D eigenvalue weighted by Gasteiger charge is -2.12. The van der Waals surface area contributed by atoms with Gasteiger partial charge in [0, 0.05) is 24.2 Å². The van der Waals surface area contributed by atoms with Crippen LogP contribution in [-0.2, 0) is 13.2 Å². The molecule has 0 saturated carbocycles. The van der Waals surface area contributed by atoms with E-state index in [9.17, 15) is 14.9 Å². The molecule has 8 nitrogen and oxygen atoms in total. The number of carbonyl (C=O) groups is 1. The van der Waals surface area contributed by atoms with Crippen molar-refractivity contribution in [2.75, 3.05) is 5.75 Å². The van der Waals surface area contributed by atoms with E-state index < -0.39 is 4.92 Å². The number of fused-ring (bicyclic) bond motifs is 1. The molecule has 1 aromatic heterocycles. The number of nitro benzene ring substituents is 1. The summed E-state index contributed by atoms with van der Waals surface area (Å²) in [6, 6.07) is 17.9. The van der Waals surface area contributed by atoms with E-state index in [2.05, 4.69) is 22.3 Å². The summed E-state index contributed by atoms with van der Waals surface area (Å²) in [6.45, 7) is 4.87. The van der Waals surface area contributed by atoms with Crippen molar-refractivity contribution < 1.29 is 14.5 Å². The number of non-ortho nitro benzene ring substituents is 1. The Morgan fingerprint density at radius 3 is 2.73 bits per heavy atom. The molecule has 0 fully saturated rings. The summed E-state index contributed by atoms with van der Waals surface area (Å²) in [7, 11) is 0. The van der Waals surface area contributed by atoms with Crippen molar-refractivity contribution >= 4 is 34.0 Å². The molecular formula is C24H22N4O4S. The molecule has 0 amide bonds. The van der Waals surface area contributed by atoms with Crippen LogP contribution in [0.2, 0.25) is 0 Å². The van der Waals surface area contributed by atoms with Crippen LogP contribution in [-0.4, -0.2) is 31.2 Å². The lowest BCUT2D eigenvalue weighted by atomic mass is 10.0. The van der Waals surface area contributed by atoms with Gasteiger partial charge in [-0.1, -0.05) is 54.2 Å². The second-order valence-electron chi connectivity index (χ2n) is 7.36. The number of thioether (sulfide) groups is 1. The smallest absolute Gasteiger partial charge is 0.270 e. The maximum absolute atomic E-state index is 12.5. The lowest BCUT2D eigenvalue weighted by Crippen LogP contribution is -2.09. The van der Waals surface area contributed by atoms with E-state index in [1.54, 1.807) is 6.07 Å². The Kier molecular flexibility index (Phi) is 6.69. The van der Waals surface area contributed by atoms with Crippen LogP contribution in [0.1, 0.15) is 28.7 Å². The monoisotopic (exact) mass is 462 g/mol. The van der Waals surface area contributed by atoms with Gasteiger partial charge in [-0.3, -0.25) is 14.9 Å². The molecule has 33 heavy (non-hydrogen) atoms. The van der Waals surface area contributed by atoms with Crippen molar-refractivity contribution in [3.05, 3.63) is 87.7 Å². The molecule has 4 rings (SSSR count). The highest BCUT2D eigenvalue weighted by atomic mass is 32.2. The first kappa shape index (κ1) is 22.5. The Hall–Kier alpha value is -3.72. The third-order valence-corrected chi connectivity index (χ3v) is 6.29. The van der Waals surface area contributed by atoms with Gasteiger partial charge >= 0.3 is 0 Å². The first-order chi connectivity index (χ1) is 16.0. The average molecular weight is 463 g/mol. The number of benzene rings is 3. The number of aromatic nitrogens is 3. The minimum Gasteiger partial charge on any atom is -0.485 e. The summed E-state index contributed by atoms with van der Waals surface area (Å²) in [6.07, 6.45) is 0. The molecule has 0 spiro atoms. The van der Waals surface area contributed by atoms with Crippen LogP contribution in [0, 0.1) is 17.0 Å². The predicted molar refractivity (Wildman–Crippen MR) is 127 cm³/mol. The Morgan fingerprint density at radius 1 is 1.12 bits per heavy atom. The summed E-state index contributed by atoms with van der Waals surface area (Å²) in [5, 5.41) is 22.3. The Morgan fingerprint density at radius 2 is 1.94 bits per heavy atom. The topological polar surface area (TPSA) is 100 Å². The zero-order valence-electron chi connectivity index (χ0n) is 18.2. The number of carbonyl (C=O) groups excluding carboxylic acids is 1. The zero-order valence-corrected chi connectivity index (χ0v) is 19.0. The van der Waals surface area contributed by atoms with Crippen LogP contribution >= 0.6 is 11.8 Å². The van der Waals surface area contributed by atoms with E-state index in [0.29, 0.717) is 23.1 Å². The largest absolute Gasteiger partial charge is 0.485 e. The molecule has 0 aliphatic carbocycles. The van der Waals surface area contributed by atoms with Gasteiger partial charge in [0.05, 0.1) is 10.7 Å². The molecule has 0 saturated heterocycles. The maximum atomic E-state index is 12.5.